The van der Waals surface area contributed by atoms with Crippen molar-refractivity contribution in [2.75, 3.05) is 0 Å². The number of nitrogens with zero attached hydrogens (tertiary/aromatic N) is 2. The number of aryl methyl sites for hydroxylation is 1. The zero-order valence-electron chi connectivity index (χ0n) is 7.03. The van der Waals surface area contributed by atoms with Gasteiger partial charge in [0.2, 0.25) is 0 Å². The molecule has 0 fully saturated rings. The van der Waals surface area contributed by atoms with Crippen LogP contribution in [0.15, 0.2) is 17.5 Å². The first kappa shape index (κ1) is 8.02. The topological polar surface area (TPSA) is 52.5 Å². The monoisotopic (exact) mass is 189 g/mol. The van der Waals surface area contributed by atoms with E-state index in [0.29, 0.717) is 5.69 Å². The molecule has 0 amide bonds. The maximum atomic E-state index is 8.80. The van der Waals surface area contributed by atoms with Crippen molar-refractivity contribution in [3.8, 4) is 16.6 Å². The van der Waals surface area contributed by atoms with Crippen LogP contribution < -0.4 is 0 Å². The van der Waals surface area contributed by atoms with Crippen LogP contribution in [-0.4, -0.2) is 9.97 Å². The molecule has 0 saturated heterocycles. The number of aromatic amines is 1. The van der Waals surface area contributed by atoms with Crippen LogP contribution in [0.4, 0.5) is 0 Å². The van der Waals surface area contributed by atoms with E-state index >= 15 is 0 Å². The molecule has 3 nitrogen and oxygen atoms in total. The molecule has 0 aromatic carbocycles. The lowest BCUT2D eigenvalue weighted by molar-refractivity contribution is 1.14. The standard InChI is InChI=1S/C9H7N3S/c1-6-11-7(5-10)9(12-6)8-3-2-4-13-8/h2-4H,1H3,(H,11,12). The molecule has 0 atom stereocenters. The number of imidazole rings is 1. The molecular formula is C9H7N3S. The normalized spacial score (nSPS) is 9.85. The van der Waals surface area contributed by atoms with Crippen molar-refractivity contribution in [3.63, 3.8) is 0 Å². The molecule has 64 valence electrons. The van der Waals surface area contributed by atoms with Crippen molar-refractivity contribution in [1.82, 2.24) is 9.97 Å². The largest absolute Gasteiger partial charge is 0.340 e. The third kappa shape index (κ3) is 1.34. The Kier molecular flexibility index (Phi) is 1.87. The molecule has 2 heterocycles. The highest BCUT2D eigenvalue weighted by Crippen LogP contribution is 2.25. The molecule has 1 N–H and O–H groups in total. The molecule has 0 saturated carbocycles. The summed E-state index contributed by atoms with van der Waals surface area (Å²) < 4.78 is 0. The van der Waals surface area contributed by atoms with E-state index in [1.807, 2.05) is 24.4 Å². The van der Waals surface area contributed by atoms with E-state index in [0.717, 1.165) is 16.4 Å². The molecular weight excluding hydrogens is 182 g/mol. The van der Waals surface area contributed by atoms with Crippen LogP contribution in [0.3, 0.4) is 0 Å². The highest BCUT2D eigenvalue weighted by Gasteiger charge is 2.09. The quantitative estimate of drug-likeness (QED) is 0.748. The molecule has 13 heavy (non-hydrogen) atoms. The van der Waals surface area contributed by atoms with Gasteiger partial charge in [-0.25, -0.2) is 4.98 Å². The SMILES string of the molecule is Cc1nc(C#N)c(-c2cccs2)[nH]1. The van der Waals surface area contributed by atoms with Gasteiger partial charge in [-0.05, 0) is 18.4 Å². The van der Waals surface area contributed by atoms with Gasteiger partial charge in [-0.3, -0.25) is 0 Å². The van der Waals surface area contributed by atoms with Crippen LogP contribution in [0.5, 0.6) is 0 Å². The van der Waals surface area contributed by atoms with Crippen LogP contribution >= 0.6 is 11.3 Å². The number of nitriles is 1. The van der Waals surface area contributed by atoms with E-state index in [1.54, 1.807) is 11.3 Å². The number of aromatic nitrogens is 2. The molecule has 0 aliphatic carbocycles. The van der Waals surface area contributed by atoms with Gasteiger partial charge in [0.05, 0.1) is 10.6 Å². The smallest absolute Gasteiger partial charge is 0.167 e. The Labute approximate surface area is 79.7 Å². The molecule has 4 heteroatoms. The Morgan fingerprint density at radius 1 is 1.62 bits per heavy atom. The molecule has 0 unspecified atom stereocenters. The lowest BCUT2D eigenvalue weighted by Gasteiger charge is -1.89. The van der Waals surface area contributed by atoms with Crippen molar-refractivity contribution in [2.45, 2.75) is 6.92 Å². The van der Waals surface area contributed by atoms with Crippen LogP contribution in [0.2, 0.25) is 0 Å². The first-order valence-corrected chi connectivity index (χ1v) is 4.70. The molecule has 2 aromatic rings. The predicted octanol–water partition coefficient (Wildman–Crippen LogP) is 2.32. The Bertz CT molecular complexity index is 448. The zero-order chi connectivity index (χ0) is 9.26. The Morgan fingerprint density at radius 2 is 2.46 bits per heavy atom. The van der Waals surface area contributed by atoms with Crippen molar-refractivity contribution >= 4 is 11.3 Å². The second-order valence-corrected chi connectivity index (χ2v) is 3.58. The van der Waals surface area contributed by atoms with Gasteiger partial charge in [0, 0.05) is 0 Å². The second-order valence-electron chi connectivity index (χ2n) is 2.63. The number of nitrogens with one attached hydrogen (secondary N) is 1. The fraction of sp³-hybridized carbons (Fsp3) is 0.111. The average Bonchev–Trinajstić information content (AvgIpc) is 2.71. The Morgan fingerprint density at radius 3 is 3.08 bits per heavy atom. The minimum absolute atomic E-state index is 0.472. The van der Waals surface area contributed by atoms with Crippen LogP contribution in [0.1, 0.15) is 11.5 Å². The van der Waals surface area contributed by atoms with Crippen molar-refractivity contribution in [2.24, 2.45) is 0 Å². The van der Waals surface area contributed by atoms with E-state index in [1.165, 1.54) is 0 Å². The molecule has 0 aliphatic rings. The van der Waals surface area contributed by atoms with Crippen LogP contribution in [0, 0.1) is 18.3 Å². The zero-order valence-corrected chi connectivity index (χ0v) is 7.85. The number of hydrogen-bond donors (Lipinski definition) is 1. The van der Waals surface area contributed by atoms with Crippen molar-refractivity contribution in [1.29, 1.82) is 5.26 Å². The number of hydrogen-bond acceptors (Lipinski definition) is 3. The van der Waals surface area contributed by atoms with Gasteiger partial charge in [0.15, 0.2) is 5.69 Å². The summed E-state index contributed by atoms with van der Waals surface area (Å²) in [7, 11) is 0. The third-order valence-electron chi connectivity index (χ3n) is 1.70. The summed E-state index contributed by atoms with van der Waals surface area (Å²) in [6.45, 7) is 1.85. The number of H-pyrrole nitrogens is 1. The Hall–Kier alpha value is -1.60. The number of thiophene rings is 1. The summed E-state index contributed by atoms with van der Waals surface area (Å²) in [4.78, 5) is 8.20. The fourth-order valence-corrected chi connectivity index (χ4v) is 1.90. The van der Waals surface area contributed by atoms with Gasteiger partial charge < -0.3 is 4.98 Å². The molecule has 0 radical (unpaired) electrons. The fourth-order valence-electron chi connectivity index (χ4n) is 1.17. The predicted molar refractivity (Wildman–Crippen MR) is 51.4 cm³/mol. The van der Waals surface area contributed by atoms with E-state index < -0.39 is 0 Å². The van der Waals surface area contributed by atoms with Gasteiger partial charge in [0.1, 0.15) is 11.9 Å². The summed E-state index contributed by atoms with van der Waals surface area (Å²) in [5.41, 5.74) is 1.30. The van der Waals surface area contributed by atoms with Gasteiger partial charge in [-0.1, -0.05) is 6.07 Å². The van der Waals surface area contributed by atoms with E-state index in [2.05, 4.69) is 16.0 Å². The van der Waals surface area contributed by atoms with E-state index in [4.69, 9.17) is 5.26 Å². The van der Waals surface area contributed by atoms with Crippen molar-refractivity contribution < 1.29 is 0 Å². The minimum atomic E-state index is 0.472. The molecule has 2 aromatic heterocycles. The summed E-state index contributed by atoms with van der Waals surface area (Å²) in [6.07, 6.45) is 0. The molecule has 0 aliphatic heterocycles. The van der Waals surface area contributed by atoms with Gasteiger partial charge in [-0.15, -0.1) is 11.3 Å². The minimum Gasteiger partial charge on any atom is -0.340 e. The van der Waals surface area contributed by atoms with Gasteiger partial charge in [-0.2, -0.15) is 5.26 Å². The van der Waals surface area contributed by atoms with Gasteiger partial charge >= 0.3 is 0 Å². The van der Waals surface area contributed by atoms with E-state index in [-0.39, 0.29) is 0 Å². The highest BCUT2D eigenvalue weighted by atomic mass is 32.1. The maximum absolute atomic E-state index is 8.80. The average molecular weight is 189 g/mol. The van der Waals surface area contributed by atoms with Crippen molar-refractivity contribution in [3.05, 3.63) is 29.0 Å². The highest BCUT2D eigenvalue weighted by molar-refractivity contribution is 7.13. The lowest BCUT2D eigenvalue weighted by atomic mass is 10.3. The molecule has 2 rings (SSSR count). The third-order valence-corrected chi connectivity index (χ3v) is 2.58. The summed E-state index contributed by atoms with van der Waals surface area (Å²) >= 11 is 1.60. The van der Waals surface area contributed by atoms with E-state index in [9.17, 15) is 0 Å². The van der Waals surface area contributed by atoms with Gasteiger partial charge in [0.25, 0.3) is 0 Å². The summed E-state index contributed by atoms with van der Waals surface area (Å²) in [5.74, 6) is 0.778. The first-order chi connectivity index (χ1) is 6.31. The maximum Gasteiger partial charge on any atom is 0.167 e. The second kappa shape index (κ2) is 3.04. The lowest BCUT2D eigenvalue weighted by Crippen LogP contribution is -1.77. The number of rotatable bonds is 1. The summed E-state index contributed by atoms with van der Waals surface area (Å²) in [6, 6.07) is 6.00. The van der Waals surface area contributed by atoms with Crippen LogP contribution in [0.25, 0.3) is 10.6 Å². The summed E-state index contributed by atoms with van der Waals surface area (Å²) in [5, 5.41) is 10.8. The molecule has 0 spiro atoms. The first-order valence-electron chi connectivity index (χ1n) is 3.82. The van der Waals surface area contributed by atoms with Crippen LogP contribution in [-0.2, 0) is 0 Å². The Balaban J connectivity index is 2.59. The molecule has 0 bridgehead atoms.